The van der Waals surface area contributed by atoms with Gasteiger partial charge in [0.25, 0.3) is 5.91 Å². The van der Waals surface area contributed by atoms with Gasteiger partial charge >= 0.3 is 0 Å². The Balaban J connectivity index is 1.57. The Morgan fingerprint density at radius 3 is 2.75 bits per heavy atom. The Kier molecular flexibility index (Phi) is 3.83. The lowest BCUT2D eigenvalue weighted by Gasteiger charge is -2.35. The van der Waals surface area contributed by atoms with E-state index in [4.69, 9.17) is 5.21 Å². The number of carbonyl (C=O) groups excluding carboxylic acids is 2. The first kappa shape index (κ1) is 15.6. The van der Waals surface area contributed by atoms with Gasteiger partial charge in [0, 0.05) is 30.0 Å². The molecule has 1 aromatic carbocycles. The SMILES string of the molecule is O=C(NO)c1ccc2c(c1)CC1(CC2)CC(=O)N(C2CCCC2)C1. The predicted octanol–water partition coefficient (Wildman–Crippen LogP) is 2.46. The summed E-state index contributed by atoms with van der Waals surface area (Å²) >= 11 is 0. The van der Waals surface area contributed by atoms with Crippen molar-refractivity contribution in [2.45, 2.75) is 57.4 Å². The molecule has 1 saturated heterocycles. The van der Waals surface area contributed by atoms with E-state index in [0.29, 0.717) is 23.9 Å². The van der Waals surface area contributed by atoms with Crippen LogP contribution in [0.4, 0.5) is 0 Å². The molecule has 0 aromatic heterocycles. The molecule has 24 heavy (non-hydrogen) atoms. The molecule has 1 unspecified atom stereocenters. The van der Waals surface area contributed by atoms with Gasteiger partial charge in [0.15, 0.2) is 0 Å². The maximum atomic E-state index is 12.6. The van der Waals surface area contributed by atoms with Crippen LogP contribution in [0.1, 0.15) is 60.0 Å². The maximum Gasteiger partial charge on any atom is 0.274 e. The Labute approximate surface area is 142 Å². The highest BCUT2D eigenvalue weighted by Crippen LogP contribution is 2.45. The minimum Gasteiger partial charge on any atom is -0.339 e. The summed E-state index contributed by atoms with van der Waals surface area (Å²) in [6.07, 6.45) is 8.28. The van der Waals surface area contributed by atoms with Crippen molar-refractivity contribution in [3.63, 3.8) is 0 Å². The molecule has 5 nitrogen and oxygen atoms in total. The fraction of sp³-hybridized carbons (Fsp3) is 0.579. The summed E-state index contributed by atoms with van der Waals surface area (Å²) in [4.78, 5) is 26.4. The molecule has 1 saturated carbocycles. The molecule has 2 N–H and O–H groups in total. The van der Waals surface area contributed by atoms with Crippen molar-refractivity contribution < 1.29 is 14.8 Å². The first-order valence-corrected chi connectivity index (χ1v) is 8.96. The van der Waals surface area contributed by atoms with Crippen LogP contribution in [0, 0.1) is 5.41 Å². The Hall–Kier alpha value is -1.88. The molecule has 2 aliphatic carbocycles. The van der Waals surface area contributed by atoms with Crippen LogP contribution >= 0.6 is 0 Å². The van der Waals surface area contributed by atoms with Crippen LogP contribution in [0.25, 0.3) is 0 Å². The third kappa shape index (κ3) is 2.61. The molecule has 128 valence electrons. The van der Waals surface area contributed by atoms with Crippen molar-refractivity contribution in [1.29, 1.82) is 0 Å². The standard InChI is InChI=1S/C19H24N2O3/c22-17-11-19(12-21(17)16-3-1-2-4-16)8-7-13-5-6-14(18(23)20-24)9-15(13)10-19/h5-6,9,16,24H,1-4,7-8,10-12H2,(H,20,23). The molecule has 4 rings (SSSR count). The molecule has 5 heteroatoms. The zero-order valence-electron chi connectivity index (χ0n) is 13.9. The number of likely N-dealkylation sites (tertiary alicyclic amines) is 1. The number of fused-ring (bicyclic) bond motifs is 1. The normalized spacial score (nSPS) is 26.9. The number of rotatable bonds is 2. The lowest BCUT2D eigenvalue weighted by Crippen LogP contribution is -2.38. The van der Waals surface area contributed by atoms with Gasteiger partial charge in [-0.3, -0.25) is 14.8 Å². The lowest BCUT2D eigenvalue weighted by atomic mass is 9.70. The fourth-order valence-corrected chi connectivity index (χ4v) is 4.89. The van der Waals surface area contributed by atoms with Gasteiger partial charge in [0.1, 0.15) is 0 Å². The van der Waals surface area contributed by atoms with Crippen LogP contribution in [-0.4, -0.2) is 34.5 Å². The molecule has 1 atom stereocenters. The van der Waals surface area contributed by atoms with Gasteiger partial charge < -0.3 is 4.90 Å². The van der Waals surface area contributed by atoms with E-state index in [2.05, 4.69) is 4.90 Å². The molecule has 1 aromatic rings. The first-order valence-electron chi connectivity index (χ1n) is 8.96. The highest BCUT2D eigenvalue weighted by Gasteiger charge is 2.47. The lowest BCUT2D eigenvalue weighted by molar-refractivity contribution is -0.129. The topological polar surface area (TPSA) is 69.6 Å². The van der Waals surface area contributed by atoms with Gasteiger partial charge in [-0.25, -0.2) is 5.48 Å². The third-order valence-electron chi connectivity index (χ3n) is 6.18. The van der Waals surface area contributed by atoms with Crippen LogP contribution < -0.4 is 5.48 Å². The van der Waals surface area contributed by atoms with Crippen LogP contribution in [0.15, 0.2) is 18.2 Å². The molecule has 0 bridgehead atoms. The molecular formula is C19H24N2O3. The number of amides is 2. The maximum absolute atomic E-state index is 12.6. The summed E-state index contributed by atoms with van der Waals surface area (Å²) in [6, 6.07) is 6.07. The molecule has 1 aliphatic heterocycles. The number of hydrogen-bond acceptors (Lipinski definition) is 3. The molecule has 2 fully saturated rings. The van der Waals surface area contributed by atoms with Gasteiger partial charge in [-0.1, -0.05) is 18.9 Å². The number of benzene rings is 1. The van der Waals surface area contributed by atoms with Crippen LogP contribution in [0.2, 0.25) is 0 Å². The number of hydroxylamine groups is 1. The first-order chi connectivity index (χ1) is 11.6. The number of carbonyl (C=O) groups is 2. The summed E-state index contributed by atoms with van der Waals surface area (Å²) < 4.78 is 0. The molecule has 0 radical (unpaired) electrons. The largest absolute Gasteiger partial charge is 0.339 e. The summed E-state index contributed by atoms with van der Waals surface area (Å²) in [5, 5.41) is 8.84. The van der Waals surface area contributed by atoms with E-state index in [1.54, 1.807) is 11.5 Å². The highest BCUT2D eigenvalue weighted by molar-refractivity contribution is 5.93. The van der Waals surface area contributed by atoms with Crippen molar-refractivity contribution >= 4 is 11.8 Å². The van der Waals surface area contributed by atoms with E-state index < -0.39 is 5.91 Å². The van der Waals surface area contributed by atoms with Crippen molar-refractivity contribution in [3.05, 3.63) is 34.9 Å². The van der Waals surface area contributed by atoms with Gasteiger partial charge in [-0.15, -0.1) is 0 Å². The average molecular weight is 328 g/mol. The Morgan fingerprint density at radius 2 is 2.00 bits per heavy atom. The van der Waals surface area contributed by atoms with E-state index in [9.17, 15) is 9.59 Å². The second-order valence-corrected chi connectivity index (χ2v) is 7.74. The van der Waals surface area contributed by atoms with Crippen molar-refractivity contribution in [2.24, 2.45) is 5.41 Å². The second kappa shape index (κ2) is 5.88. The smallest absolute Gasteiger partial charge is 0.274 e. The van der Waals surface area contributed by atoms with Crippen molar-refractivity contribution in [2.75, 3.05) is 6.54 Å². The highest BCUT2D eigenvalue weighted by atomic mass is 16.5. The second-order valence-electron chi connectivity index (χ2n) is 7.74. The molecule has 1 spiro atoms. The summed E-state index contributed by atoms with van der Waals surface area (Å²) in [6.45, 7) is 0.867. The van der Waals surface area contributed by atoms with Crippen LogP contribution in [0.3, 0.4) is 0 Å². The molecule has 1 heterocycles. The van der Waals surface area contributed by atoms with Crippen LogP contribution in [0.5, 0.6) is 0 Å². The van der Waals surface area contributed by atoms with Crippen molar-refractivity contribution in [3.8, 4) is 0 Å². The van der Waals surface area contributed by atoms with E-state index in [1.807, 2.05) is 12.1 Å². The monoisotopic (exact) mass is 328 g/mol. The molecule has 3 aliphatic rings. The third-order valence-corrected chi connectivity index (χ3v) is 6.18. The average Bonchev–Trinajstić information content (AvgIpc) is 3.21. The van der Waals surface area contributed by atoms with Gasteiger partial charge in [-0.2, -0.15) is 0 Å². The Morgan fingerprint density at radius 1 is 1.21 bits per heavy atom. The van der Waals surface area contributed by atoms with Gasteiger partial charge in [0.05, 0.1) is 0 Å². The predicted molar refractivity (Wildman–Crippen MR) is 88.7 cm³/mol. The van der Waals surface area contributed by atoms with Crippen molar-refractivity contribution in [1.82, 2.24) is 10.4 Å². The Bertz CT molecular complexity index is 681. The van der Waals surface area contributed by atoms with E-state index in [0.717, 1.165) is 44.2 Å². The zero-order chi connectivity index (χ0) is 16.7. The zero-order valence-corrected chi connectivity index (χ0v) is 13.9. The molecule has 2 amide bonds. The summed E-state index contributed by atoms with van der Waals surface area (Å²) in [7, 11) is 0. The van der Waals surface area contributed by atoms with E-state index in [1.165, 1.54) is 18.4 Å². The number of hydrogen-bond donors (Lipinski definition) is 2. The number of nitrogens with one attached hydrogen (secondary N) is 1. The quantitative estimate of drug-likeness (QED) is 0.647. The minimum atomic E-state index is -0.479. The fourth-order valence-electron chi connectivity index (χ4n) is 4.89. The number of aryl methyl sites for hydroxylation is 1. The summed E-state index contributed by atoms with van der Waals surface area (Å²) in [5.74, 6) is -0.165. The van der Waals surface area contributed by atoms with E-state index in [-0.39, 0.29) is 5.41 Å². The number of nitrogens with zero attached hydrogens (tertiary/aromatic N) is 1. The van der Waals surface area contributed by atoms with E-state index >= 15 is 0 Å². The van der Waals surface area contributed by atoms with Crippen LogP contribution in [-0.2, 0) is 17.6 Å². The van der Waals surface area contributed by atoms with Gasteiger partial charge in [0.2, 0.25) is 5.91 Å². The van der Waals surface area contributed by atoms with Gasteiger partial charge in [-0.05, 0) is 55.4 Å². The summed E-state index contributed by atoms with van der Waals surface area (Å²) in [5.41, 5.74) is 4.63. The molecular weight excluding hydrogens is 304 g/mol. The minimum absolute atomic E-state index is 0.0288.